The highest BCUT2D eigenvalue weighted by molar-refractivity contribution is 9.10. The van der Waals surface area contributed by atoms with Crippen LogP contribution in [-0.2, 0) is 0 Å². The van der Waals surface area contributed by atoms with Gasteiger partial charge in [-0.05, 0) is 28.1 Å². The second kappa shape index (κ2) is 4.09. The van der Waals surface area contributed by atoms with E-state index in [0.29, 0.717) is 0 Å². The maximum atomic E-state index is 11.8. The highest BCUT2D eigenvalue weighted by Gasteiger charge is 2.31. The molecule has 1 aromatic rings. The summed E-state index contributed by atoms with van der Waals surface area (Å²) >= 11 is 2.79. The van der Waals surface area contributed by atoms with Gasteiger partial charge in [-0.1, -0.05) is 0 Å². The van der Waals surface area contributed by atoms with E-state index in [0.717, 1.165) is 12.1 Å². The van der Waals surface area contributed by atoms with Gasteiger partial charge in [0.1, 0.15) is 11.5 Å². The number of aromatic hydroxyl groups is 1. The molecule has 0 radical (unpaired) electrons. The predicted molar refractivity (Wildman–Crippen MR) is 47.9 cm³/mol. The number of hydrogen-bond acceptors (Lipinski definition) is 3. The number of rotatable bonds is 2. The smallest absolute Gasteiger partial charge is 0.506 e. The van der Waals surface area contributed by atoms with Crippen molar-refractivity contribution in [1.82, 2.24) is 0 Å². The minimum absolute atomic E-state index is 0.0497. The third-order valence-electron chi connectivity index (χ3n) is 1.43. The summed E-state index contributed by atoms with van der Waals surface area (Å²) in [6.07, 6.45) is -4.61. The summed E-state index contributed by atoms with van der Waals surface area (Å²) < 4.78 is 39.0. The Morgan fingerprint density at radius 3 is 2.47 bits per heavy atom. The van der Waals surface area contributed by atoms with Gasteiger partial charge in [-0.15, -0.1) is 13.2 Å². The van der Waals surface area contributed by atoms with Crippen LogP contribution < -0.4 is 4.74 Å². The molecule has 0 heterocycles. The molecule has 0 saturated heterocycles. The third-order valence-corrected chi connectivity index (χ3v) is 2.03. The molecular formula is C8H4BrF3O3. The lowest BCUT2D eigenvalue weighted by Gasteiger charge is -2.10. The predicted octanol–water partition coefficient (Wildman–Crippen LogP) is 2.87. The quantitative estimate of drug-likeness (QED) is 0.850. The Hall–Kier alpha value is -1.24. The van der Waals surface area contributed by atoms with Crippen molar-refractivity contribution in [3.63, 3.8) is 0 Å². The number of benzene rings is 1. The van der Waals surface area contributed by atoms with Gasteiger partial charge < -0.3 is 9.84 Å². The first-order chi connectivity index (χ1) is 6.83. The number of phenolic OH excluding ortho intramolecular Hbond substituents is 1. The second-order valence-electron chi connectivity index (χ2n) is 2.51. The molecule has 0 unspecified atom stereocenters. The lowest BCUT2D eigenvalue weighted by molar-refractivity contribution is -0.274. The van der Waals surface area contributed by atoms with E-state index in [1.165, 1.54) is 0 Å². The molecule has 1 N–H and O–H groups in total. The van der Waals surface area contributed by atoms with Crippen LogP contribution in [0.4, 0.5) is 13.2 Å². The maximum Gasteiger partial charge on any atom is 0.573 e. The topological polar surface area (TPSA) is 46.5 Å². The summed E-state index contributed by atoms with van der Waals surface area (Å²) in [6, 6.07) is 1.70. The van der Waals surface area contributed by atoms with Gasteiger partial charge in [-0.25, -0.2) is 0 Å². The van der Waals surface area contributed by atoms with Gasteiger partial charge in [0.2, 0.25) is 0 Å². The summed E-state index contributed by atoms with van der Waals surface area (Å²) in [4.78, 5) is 10.4. The molecule has 1 aromatic carbocycles. The number of hydrogen-bond donors (Lipinski definition) is 1. The number of halogens is 4. The van der Waals surface area contributed by atoms with E-state index in [-0.39, 0.29) is 16.3 Å². The highest BCUT2D eigenvalue weighted by atomic mass is 79.9. The molecule has 15 heavy (non-hydrogen) atoms. The van der Waals surface area contributed by atoms with E-state index in [2.05, 4.69) is 20.7 Å². The SMILES string of the molecule is O=Cc1cc(OC(F)(F)F)cc(Br)c1O. The zero-order valence-corrected chi connectivity index (χ0v) is 8.59. The number of carbonyl (C=O) groups is 1. The number of ether oxygens (including phenoxy) is 1. The monoisotopic (exact) mass is 284 g/mol. The molecule has 0 bridgehead atoms. The molecule has 1 rings (SSSR count). The van der Waals surface area contributed by atoms with Crippen LogP contribution in [0, 0.1) is 0 Å². The van der Waals surface area contributed by atoms with Gasteiger partial charge in [-0.2, -0.15) is 0 Å². The van der Waals surface area contributed by atoms with Crippen LogP contribution in [0.25, 0.3) is 0 Å². The van der Waals surface area contributed by atoms with E-state index < -0.39 is 17.9 Å². The van der Waals surface area contributed by atoms with E-state index in [1.807, 2.05) is 0 Å². The van der Waals surface area contributed by atoms with E-state index >= 15 is 0 Å². The van der Waals surface area contributed by atoms with Gasteiger partial charge in [0, 0.05) is 0 Å². The highest BCUT2D eigenvalue weighted by Crippen LogP contribution is 2.33. The Bertz CT molecular complexity index is 389. The van der Waals surface area contributed by atoms with Gasteiger partial charge >= 0.3 is 6.36 Å². The van der Waals surface area contributed by atoms with E-state index in [4.69, 9.17) is 0 Å². The normalized spacial score (nSPS) is 11.2. The van der Waals surface area contributed by atoms with Crippen LogP contribution in [0.15, 0.2) is 16.6 Å². The summed E-state index contributed by atoms with van der Waals surface area (Å²) in [6.45, 7) is 0. The lowest BCUT2D eigenvalue weighted by atomic mass is 10.2. The molecule has 0 aliphatic rings. The van der Waals surface area contributed by atoms with E-state index in [9.17, 15) is 23.1 Å². The van der Waals surface area contributed by atoms with Crippen LogP contribution in [0.2, 0.25) is 0 Å². The van der Waals surface area contributed by atoms with Gasteiger partial charge in [-0.3, -0.25) is 4.79 Å². The van der Waals surface area contributed by atoms with Crippen LogP contribution >= 0.6 is 15.9 Å². The molecule has 0 atom stereocenters. The fourth-order valence-electron chi connectivity index (χ4n) is 0.877. The van der Waals surface area contributed by atoms with Gasteiger partial charge in [0.05, 0.1) is 10.0 Å². The molecule has 7 heteroatoms. The molecule has 0 amide bonds. The molecular weight excluding hydrogens is 281 g/mol. The third kappa shape index (κ3) is 3.12. The molecule has 0 aliphatic carbocycles. The maximum absolute atomic E-state index is 11.8. The number of phenols is 1. The first kappa shape index (κ1) is 11.8. The van der Waals surface area contributed by atoms with Crippen molar-refractivity contribution in [3.05, 3.63) is 22.2 Å². The van der Waals surface area contributed by atoms with Crippen molar-refractivity contribution in [2.24, 2.45) is 0 Å². The average Bonchev–Trinajstić information content (AvgIpc) is 2.08. The van der Waals surface area contributed by atoms with E-state index in [1.54, 1.807) is 0 Å². The second-order valence-corrected chi connectivity index (χ2v) is 3.36. The number of carbonyl (C=O) groups excluding carboxylic acids is 1. The van der Waals surface area contributed by atoms with Crippen molar-refractivity contribution in [2.45, 2.75) is 6.36 Å². The van der Waals surface area contributed by atoms with Crippen LogP contribution in [-0.4, -0.2) is 17.8 Å². The molecule has 0 spiro atoms. The van der Waals surface area contributed by atoms with Gasteiger partial charge in [0.15, 0.2) is 6.29 Å². The molecule has 0 aromatic heterocycles. The fourth-order valence-corrected chi connectivity index (χ4v) is 1.33. The average molecular weight is 285 g/mol. The minimum Gasteiger partial charge on any atom is -0.506 e. The number of alkyl halides is 3. The van der Waals surface area contributed by atoms with Crippen molar-refractivity contribution in [3.8, 4) is 11.5 Å². The van der Waals surface area contributed by atoms with Crippen molar-refractivity contribution in [1.29, 1.82) is 0 Å². The molecule has 3 nitrogen and oxygen atoms in total. The first-order valence-electron chi connectivity index (χ1n) is 3.57. The standard InChI is InChI=1S/C8H4BrF3O3/c9-6-2-5(15-8(10,11)12)1-4(3-13)7(6)14/h1-3,14H. The van der Waals surface area contributed by atoms with Crippen molar-refractivity contribution in [2.75, 3.05) is 0 Å². The van der Waals surface area contributed by atoms with Crippen LogP contribution in [0.5, 0.6) is 11.5 Å². The van der Waals surface area contributed by atoms with Gasteiger partial charge in [0.25, 0.3) is 0 Å². The summed E-state index contributed by atoms with van der Waals surface area (Å²) in [5, 5.41) is 9.21. The summed E-state index contributed by atoms with van der Waals surface area (Å²) in [5.41, 5.74) is -0.288. The zero-order chi connectivity index (χ0) is 11.6. The summed E-state index contributed by atoms with van der Waals surface area (Å²) in [7, 11) is 0. The first-order valence-corrected chi connectivity index (χ1v) is 4.36. The van der Waals surface area contributed by atoms with Crippen LogP contribution in [0.1, 0.15) is 10.4 Å². The Morgan fingerprint density at radius 1 is 1.40 bits per heavy atom. The molecule has 0 saturated carbocycles. The Labute approximate surface area is 90.6 Å². The van der Waals surface area contributed by atoms with Crippen molar-refractivity contribution < 1.29 is 27.8 Å². The summed E-state index contributed by atoms with van der Waals surface area (Å²) in [5.74, 6) is -1.01. The molecule has 82 valence electrons. The largest absolute Gasteiger partial charge is 0.573 e. The zero-order valence-electron chi connectivity index (χ0n) is 7.01. The van der Waals surface area contributed by atoms with Crippen LogP contribution in [0.3, 0.4) is 0 Å². The minimum atomic E-state index is -4.84. The Kier molecular flexibility index (Phi) is 3.23. The number of aldehydes is 1. The Balaban J connectivity index is 3.11. The Morgan fingerprint density at radius 2 is 2.00 bits per heavy atom. The van der Waals surface area contributed by atoms with Crippen molar-refractivity contribution >= 4 is 22.2 Å². The lowest BCUT2D eigenvalue weighted by Crippen LogP contribution is -2.17. The molecule has 0 aliphatic heterocycles. The fraction of sp³-hybridized carbons (Fsp3) is 0.125. The molecule has 0 fully saturated rings.